The van der Waals surface area contributed by atoms with Crippen LogP contribution in [0.25, 0.3) is 0 Å². The summed E-state index contributed by atoms with van der Waals surface area (Å²) >= 11 is 12.4. The van der Waals surface area contributed by atoms with E-state index in [9.17, 15) is 9.90 Å². The number of aliphatic carboxylic acids is 1. The first-order valence-electron chi connectivity index (χ1n) is 7.16. The number of nitriles is 1. The maximum Gasteiger partial charge on any atom is 1.00 e. The Morgan fingerprint density at radius 1 is 1.28 bits per heavy atom. The van der Waals surface area contributed by atoms with Gasteiger partial charge in [0.05, 0.1) is 23.5 Å². The first-order valence-corrected chi connectivity index (χ1v) is 7.92. The van der Waals surface area contributed by atoms with Crippen molar-refractivity contribution in [3.8, 4) is 11.8 Å². The molecule has 3 atom stereocenters. The zero-order valence-electron chi connectivity index (χ0n) is 13.0. The molecular weight excluding hydrogens is 374 g/mol. The second-order valence-corrected chi connectivity index (χ2v) is 6.56. The Morgan fingerprint density at radius 2 is 2.04 bits per heavy atom. The predicted molar refractivity (Wildman–Crippen MR) is 86.3 cm³/mol. The van der Waals surface area contributed by atoms with Gasteiger partial charge in [-0.05, 0) is 30.3 Å². The van der Waals surface area contributed by atoms with Crippen molar-refractivity contribution in [2.45, 2.75) is 18.1 Å². The van der Waals surface area contributed by atoms with Gasteiger partial charge >= 0.3 is 29.6 Å². The van der Waals surface area contributed by atoms with Gasteiger partial charge in [-0.2, -0.15) is 5.26 Å². The molecule has 120 valence electrons. The molecule has 2 heterocycles. The molecule has 0 bridgehead atoms. The molecule has 2 aliphatic rings. The maximum absolute atomic E-state index is 11.6. The Morgan fingerprint density at radius 3 is 2.72 bits per heavy atom. The van der Waals surface area contributed by atoms with Gasteiger partial charge in [0.1, 0.15) is 17.9 Å². The fraction of sp³-hybridized carbons (Fsp3) is 0.176. The summed E-state index contributed by atoms with van der Waals surface area (Å²) in [4.78, 5) is 11.6. The zero-order chi connectivity index (χ0) is 17.0. The molecule has 8 heteroatoms. The van der Waals surface area contributed by atoms with Gasteiger partial charge in [0, 0.05) is 26.9 Å². The summed E-state index contributed by atoms with van der Waals surface area (Å²) in [6, 6.07) is 9.25. The van der Waals surface area contributed by atoms with E-state index in [4.69, 9.17) is 33.2 Å². The number of hydrogen-bond acceptors (Lipinski definition) is 5. The number of carbonyl (C=O) groups excluding carboxylic acids is 1. The van der Waals surface area contributed by atoms with Crippen LogP contribution in [0.1, 0.15) is 22.6 Å². The van der Waals surface area contributed by atoms with Crippen LogP contribution in [0.4, 0.5) is 5.69 Å². The Balaban J connectivity index is 0.00000182. The number of carboxylic acids is 1. The number of carbonyl (C=O) groups is 1. The van der Waals surface area contributed by atoms with Gasteiger partial charge in [0.25, 0.3) is 0 Å². The summed E-state index contributed by atoms with van der Waals surface area (Å²) in [5.74, 6) is -1.16. The number of anilines is 1. The van der Waals surface area contributed by atoms with E-state index in [1.54, 1.807) is 30.3 Å². The van der Waals surface area contributed by atoms with Gasteiger partial charge in [-0.25, -0.2) is 0 Å². The Hall–Kier alpha value is -1.42. The smallest absolute Gasteiger partial charge is 0.548 e. The number of fused-ring (bicyclic) bond motifs is 5. The molecule has 0 aromatic heterocycles. The van der Waals surface area contributed by atoms with E-state index in [1.165, 1.54) is 0 Å². The van der Waals surface area contributed by atoms with Gasteiger partial charge in [0.2, 0.25) is 0 Å². The van der Waals surface area contributed by atoms with E-state index >= 15 is 0 Å². The molecule has 1 N–H and O–H groups in total. The van der Waals surface area contributed by atoms with E-state index in [0.29, 0.717) is 32.6 Å². The van der Waals surface area contributed by atoms with Crippen LogP contribution in [0.5, 0.6) is 5.75 Å². The van der Waals surface area contributed by atoms with Crippen molar-refractivity contribution in [1.82, 2.24) is 0 Å². The number of nitrogens with one attached hydrogen (secondary N) is 1. The molecule has 2 aliphatic heterocycles. The zero-order valence-corrected chi connectivity index (χ0v) is 16.6. The van der Waals surface area contributed by atoms with E-state index in [2.05, 4.69) is 11.4 Å². The van der Waals surface area contributed by atoms with Crippen molar-refractivity contribution in [2.24, 2.45) is 0 Å². The molecule has 2 aromatic rings. The van der Waals surface area contributed by atoms with E-state index in [1.807, 2.05) is 0 Å². The second kappa shape index (κ2) is 6.71. The van der Waals surface area contributed by atoms with Crippen LogP contribution in [0.3, 0.4) is 0 Å². The van der Waals surface area contributed by atoms with E-state index in [-0.39, 0.29) is 29.6 Å². The Bertz CT molecular complexity index is 929. The standard InChI is InChI=1S/C17H10Cl2N2O3.Na/c18-8-4-10(19)14-11(5-8)21-15(17(22)23)16-13(14)9-3-7(6-20)1-2-12(9)24-16;/h1-5,13,15-16,21H,(H,22,23);/q;+1/p-1. The molecule has 0 amide bonds. The maximum atomic E-state index is 11.6. The van der Waals surface area contributed by atoms with Gasteiger partial charge < -0.3 is 20.0 Å². The number of nitrogens with zero attached hydrogens (tertiary/aromatic N) is 1. The molecule has 3 unspecified atom stereocenters. The summed E-state index contributed by atoms with van der Waals surface area (Å²) in [5, 5.41) is 24.4. The molecule has 0 aliphatic carbocycles. The summed E-state index contributed by atoms with van der Waals surface area (Å²) in [6.07, 6.45) is -0.717. The van der Waals surface area contributed by atoms with E-state index < -0.39 is 24.0 Å². The van der Waals surface area contributed by atoms with Crippen LogP contribution in [-0.4, -0.2) is 18.1 Å². The molecule has 0 saturated carbocycles. The number of hydrogen-bond donors (Lipinski definition) is 1. The van der Waals surface area contributed by atoms with Gasteiger partial charge in [-0.3, -0.25) is 0 Å². The molecule has 0 spiro atoms. The largest absolute Gasteiger partial charge is 1.00 e. The number of halogens is 2. The minimum atomic E-state index is -1.28. The molecule has 25 heavy (non-hydrogen) atoms. The molecular formula is C17H9Cl2N2NaO3. The number of carboxylic acid groups (broad SMARTS) is 1. The van der Waals surface area contributed by atoms with Gasteiger partial charge in [0.15, 0.2) is 0 Å². The average Bonchev–Trinajstić information content (AvgIpc) is 2.91. The topological polar surface area (TPSA) is 85.2 Å². The van der Waals surface area contributed by atoms with Crippen LogP contribution >= 0.6 is 23.2 Å². The van der Waals surface area contributed by atoms with Crippen LogP contribution in [-0.2, 0) is 4.79 Å². The van der Waals surface area contributed by atoms with Gasteiger partial charge in [-0.1, -0.05) is 23.2 Å². The van der Waals surface area contributed by atoms with Crippen molar-refractivity contribution < 1.29 is 44.2 Å². The molecule has 4 rings (SSSR count). The first-order chi connectivity index (χ1) is 11.5. The van der Waals surface area contributed by atoms with Crippen molar-refractivity contribution in [3.05, 3.63) is 57.1 Å². The quantitative estimate of drug-likeness (QED) is 0.659. The number of benzene rings is 2. The summed E-state index contributed by atoms with van der Waals surface area (Å²) < 4.78 is 5.84. The third-order valence-electron chi connectivity index (χ3n) is 4.36. The first kappa shape index (κ1) is 18.4. The monoisotopic (exact) mass is 382 g/mol. The third kappa shape index (κ3) is 2.88. The Kier molecular flexibility index (Phi) is 4.93. The molecule has 0 radical (unpaired) electrons. The van der Waals surface area contributed by atoms with Crippen molar-refractivity contribution in [2.75, 3.05) is 5.32 Å². The van der Waals surface area contributed by atoms with Crippen LogP contribution in [0, 0.1) is 11.3 Å². The number of ether oxygens (including phenoxy) is 1. The molecule has 5 nitrogen and oxygen atoms in total. The summed E-state index contributed by atoms with van der Waals surface area (Å²) in [6.45, 7) is 0. The van der Waals surface area contributed by atoms with Gasteiger partial charge in [-0.15, -0.1) is 0 Å². The minimum absolute atomic E-state index is 0. The summed E-state index contributed by atoms with van der Waals surface area (Å²) in [5.41, 5.74) is 2.43. The van der Waals surface area contributed by atoms with Crippen LogP contribution in [0.15, 0.2) is 30.3 Å². The fourth-order valence-corrected chi connectivity index (χ4v) is 4.01. The van der Waals surface area contributed by atoms with Crippen LogP contribution in [0.2, 0.25) is 10.0 Å². The Labute approximate surface area is 175 Å². The predicted octanol–water partition coefficient (Wildman–Crippen LogP) is -0.694. The number of rotatable bonds is 1. The summed E-state index contributed by atoms with van der Waals surface area (Å²) in [7, 11) is 0. The van der Waals surface area contributed by atoms with Crippen molar-refractivity contribution in [3.63, 3.8) is 0 Å². The van der Waals surface area contributed by atoms with Crippen molar-refractivity contribution >= 4 is 34.9 Å². The second-order valence-electron chi connectivity index (χ2n) is 5.71. The fourth-order valence-electron chi connectivity index (χ4n) is 3.40. The normalized spacial score (nSPS) is 22.2. The molecule has 0 saturated heterocycles. The third-order valence-corrected chi connectivity index (χ3v) is 4.90. The minimum Gasteiger partial charge on any atom is -0.548 e. The SMILES string of the molecule is N#Cc1ccc2c(c1)C1c3c(Cl)cc(Cl)cc3NC(C(=O)[O-])C1O2.[Na+]. The molecule has 0 fully saturated rings. The van der Waals surface area contributed by atoms with Crippen molar-refractivity contribution in [1.29, 1.82) is 5.26 Å². The van der Waals surface area contributed by atoms with Crippen LogP contribution < -0.4 is 44.7 Å². The molecule has 2 aromatic carbocycles. The van der Waals surface area contributed by atoms with E-state index in [0.717, 1.165) is 5.56 Å². The average molecular weight is 383 g/mol.